The van der Waals surface area contributed by atoms with Crippen LogP contribution in [0.25, 0.3) is 0 Å². The van der Waals surface area contributed by atoms with Crippen LogP contribution in [0.15, 0.2) is 24.3 Å². The van der Waals surface area contributed by atoms with E-state index in [1.807, 2.05) is 24.3 Å². The molecular weight excluding hydrogens is 875 g/mol. The lowest BCUT2D eigenvalue weighted by Crippen LogP contribution is -2.57. The van der Waals surface area contributed by atoms with Gasteiger partial charge in [-0.1, -0.05) is 102 Å². The molecule has 0 saturated carbocycles. The lowest BCUT2D eigenvalue weighted by molar-refractivity contribution is -0.171. The fourth-order valence-corrected chi connectivity index (χ4v) is 11.4. The number of carbonyl (C=O) groups excluding carboxylic acids is 2. The summed E-state index contributed by atoms with van der Waals surface area (Å²) >= 11 is 0. The molecule has 1 heterocycles. The summed E-state index contributed by atoms with van der Waals surface area (Å²) in [5.41, 5.74) is 0.207. The maximum absolute atomic E-state index is 16.4. The van der Waals surface area contributed by atoms with Gasteiger partial charge in [0.15, 0.2) is 33.3 Å². The highest BCUT2D eigenvalue weighted by molar-refractivity contribution is 6.75. The van der Waals surface area contributed by atoms with E-state index in [0.29, 0.717) is 13.2 Å². The van der Waals surface area contributed by atoms with Gasteiger partial charge in [0.1, 0.15) is 17.1 Å². The fraction of sp³-hybridized carbons (Fsp3) is 0.837. The number of amides is 1. The van der Waals surface area contributed by atoms with E-state index in [1.54, 1.807) is 14.2 Å². The largest absolute Gasteiger partial charge is 0.497 e. The Balaban J connectivity index is 2.91. The Kier molecular flexibility index (Phi) is 19.9. The summed E-state index contributed by atoms with van der Waals surface area (Å²) < 4.78 is 47.5. The van der Waals surface area contributed by atoms with Gasteiger partial charge in [-0.05, 0) is 97.1 Å². The number of ketones is 1. The number of hydrogen-bond donors (Lipinski definition) is 0. The van der Waals surface area contributed by atoms with Gasteiger partial charge >= 0.3 is 0 Å². The quantitative estimate of drug-likeness (QED) is 0.0563. The topological polar surface area (TPSA) is 115 Å². The summed E-state index contributed by atoms with van der Waals surface area (Å²) in [6.07, 6.45) is -1.79. The predicted molar refractivity (Wildman–Crippen MR) is 272 cm³/mol. The molecule has 0 aromatic heterocycles. The second kappa shape index (κ2) is 21.6. The third-order valence-electron chi connectivity index (χ3n) is 15.7. The van der Waals surface area contributed by atoms with E-state index in [4.69, 9.17) is 36.8 Å². The molecule has 1 unspecified atom stereocenters. The van der Waals surface area contributed by atoms with Gasteiger partial charge < -0.3 is 31.9 Å². The lowest BCUT2D eigenvalue weighted by atomic mass is 9.79. The molecule has 0 bridgehead atoms. The molecule has 1 aliphatic rings. The predicted octanol–water partition coefficient (Wildman–Crippen LogP) is 12.0. The number of benzene rings is 1. The van der Waals surface area contributed by atoms with Crippen LogP contribution < -0.4 is 4.74 Å². The highest BCUT2D eigenvalue weighted by Gasteiger charge is 2.65. The summed E-state index contributed by atoms with van der Waals surface area (Å²) in [5, 5.41) is 0.590. The summed E-state index contributed by atoms with van der Waals surface area (Å²) in [5.74, 6) is -1.19. The van der Waals surface area contributed by atoms with E-state index >= 15 is 4.79 Å². The molecule has 1 aromatic rings. The average Bonchev–Trinajstić information content (AvgIpc) is 3.84. The minimum atomic E-state index is -2.59. The zero-order valence-electron chi connectivity index (χ0n) is 45.3. The Labute approximate surface area is 395 Å². The number of hydroxylamine groups is 2. The zero-order valence-corrected chi connectivity index (χ0v) is 49.3. The first kappa shape index (κ1) is 58.9. The van der Waals surface area contributed by atoms with E-state index in [2.05, 4.69) is 149 Å². The normalized spacial score (nSPS) is 20.6. The van der Waals surface area contributed by atoms with Gasteiger partial charge in [0, 0.05) is 26.2 Å². The minimum absolute atomic E-state index is 0.0135. The molecule has 372 valence electrons. The van der Waals surface area contributed by atoms with Crippen molar-refractivity contribution in [1.29, 1.82) is 0 Å². The molecule has 11 nitrogen and oxygen atoms in total. The van der Waals surface area contributed by atoms with E-state index in [1.165, 1.54) is 12.2 Å². The van der Waals surface area contributed by atoms with E-state index in [-0.39, 0.29) is 63.5 Å². The van der Waals surface area contributed by atoms with Crippen molar-refractivity contribution >= 4 is 45.0 Å². The third kappa shape index (κ3) is 15.1. The number of epoxide rings is 1. The smallest absolute Gasteiger partial charge is 0.248 e. The molecule has 0 spiro atoms. The first-order chi connectivity index (χ1) is 28.7. The number of ether oxygens (including phenoxy) is 3. The van der Waals surface area contributed by atoms with Crippen molar-refractivity contribution in [1.82, 2.24) is 5.06 Å². The first-order valence-electron chi connectivity index (χ1n) is 23.6. The molecule has 7 atom stereocenters. The van der Waals surface area contributed by atoms with Gasteiger partial charge in [-0.15, -0.1) is 0 Å². The molecular formula is C49H95NO10Si4. The van der Waals surface area contributed by atoms with Gasteiger partial charge in [0.2, 0.25) is 5.91 Å². The van der Waals surface area contributed by atoms with Gasteiger partial charge in [-0.3, -0.25) is 14.4 Å². The number of nitrogens with zero attached hydrogens (tertiary/aromatic N) is 1. The molecule has 0 aliphatic carbocycles. The highest BCUT2D eigenvalue weighted by Crippen LogP contribution is 2.52. The monoisotopic (exact) mass is 970 g/mol. The minimum Gasteiger partial charge on any atom is -0.497 e. The number of methoxy groups -OCH3 is 1. The van der Waals surface area contributed by atoms with Crippen LogP contribution in [-0.4, -0.2) is 115 Å². The second-order valence-corrected chi connectivity index (χ2v) is 43.9. The SMILES string of the molecule is COc1ccc(COC[C@H](C)[C@H]2OC2(C)[C@@H](O[Si](C)(C)C(C)(C)C)[C@@H](CO[Si](C)(C)C(C)(C)C)C(=O)[C@@H](CO[Si](C)(C)C(C)(C)C)[C@H](CC(=O)N(C)OC)O[Si](C)(C)C(C)(C)C)cc1. The lowest BCUT2D eigenvalue weighted by Gasteiger charge is -2.46. The van der Waals surface area contributed by atoms with E-state index < -0.39 is 62.9 Å². The Bertz CT molecular complexity index is 1660. The summed E-state index contributed by atoms with van der Waals surface area (Å²) in [6.45, 7) is 49.5. The second-order valence-electron chi connectivity index (χ2n) is 24.8. The summed E-state index contributed by atoms with van der Waals surface area (Å²) in [7, 11) is -5.30. The van der Waals surface area contributed by atoms with Crippen LogP contribution in [0.3, 0.4) is 0 Å². The van der Waals surface area contributed by atoms with E-state index in [9.17, 15) is 4.79 Å². The van der Waals surface area contributed by atoms with Crippen LogP contribution in [-0.2, 0) is 48.2 Å². The molecule has 0 radical (unpaired) electrons. The number of hydrogen-bond acceptors (Lipinski definition) is 10. The summed E-state index contributed by atoms with van der Waals surface area (Å²) in [4.78, 5) is 35.8. The van der Waals surface area contributed by atoms with Gasteiger partial charge in [-0.2, -0.15) is 0 Å². The number of carbonyl (C=O) groups is 2. The highest BCUT2D eigenvalue weighted by atomic mass is 28.4. The van der Waals surface area contributed by atoms with Crippen molar-refractivity contribution in [3.05, 3.63) is 29.8 Å². The van der Waals surface area contributed by atoms with Crippen molar-refractivity contribution in [3.8, 4) is 5.75 Å². The fourth-order valence-electron chi connectivity index (χ4n) is 6.63. The van der Waals surface area contributed by atoms with Crippen molar-refractivity contribution in [2.75, 3.05) is 41.1 Å². The molecule has 1 aromatic carbocycles. The van der Waals surface area contributed by atoms with Crippen LogP contribution in [0.4, 0.5) is 0 Å². The van der Waals surface area contributed by atoms with Gasteiger partial charge in [-0.25, -0.2) is 5.06 Å². The number of Topliss-reactive ketones (excluding diaryl/α,β-unsaturated/α-hetero) is 1. The van der Waals surface area contributed by atoms with Crippen molar-refractivity contribution in [2.24, 2.45) is 17.8 Å². The molecule has 2 rings (SSSR count). The molecule has 1 fully saturated rings. The first-order valence-corrected chi connectivity index (χ1v) is 35.2. The van der Waals surface area contributed by atoms with Crippen LogP contribution >= 0.6 is 0 Å². The molecule has 1 aliphatic heterocycles. The van der Waals surface area contributed by atoms with Gasteiger partial charge in [0.25, 0.3) is 0 Å². The Morgan fingerprint density at radius 2 is 1.12 bits per heavy atom. The summed E-state index contributed by atoms with van der Waals surface area (Å²) in [6, 6.07) is 7.90. The third-order valence-corrected chi connectivity index (χ3v) is 33.6. The number of rotatable bonds is 24. The Morgan fingerprint density at radius 3 is 1.55 bits per heavy atom. The Morgan fingerprint density at radius 1 is 0.688 bits per heavy atom. The molecule has 0 N–H and O–H groups in total. The van der Waals surface area contributed by atoms with Gasteiger partial charge in [0.05, 0.1) is 64.0 Å². The maximum atomic E-state index is 16.4. The van der Waals surface area contributed by atoms with Crippen LogP contribution in [0, 0.1) is 17.8 Å². The van der Waals surface area contributed by atoms with Crippen molar-refractivity contribution in [2.45, 2.75) is 206 Å². The molecule has 15 heteroatoms. The molecule has 1 amide bonds. The molecule has 1 saturated heterocycles. The van der Waals surface area contributed by atoms with E-state index in [0.717, 1.165) is 11.3 Å². The van der Waals surface area contributed by atoms with Crippen molar-refractivity contribution in [3.63, 3.8) is 0 Å². The van der Waals surface area contributed by atoms with Crippen LogP contribution in [0.5, 0.6) is 5.75 Å². The maximum Gasteiger partial charge on any atom is 0.248 e. The standard InChI is InChI=1S/C49H95NO10Si4/c1-35(31-55-32-36-26-28-37(53-16)29-27-36)43-49(14,58-43)44(60-64(24,25)48(11,12)13)39(34-57-62(20,21)46(5,6)7)42(52)38(33-56-61(18,19)45(2,3)4)40(30-41(51)50(15)54-17)59-63(22,23)47(8,9)10/h26-29,35,38-40,43-44H,30-34H2,1-25H3/t35-,38-,39-,40-,43+,44-,49?/m0/s1. The average molecular weight is 971 g/mol. The molecule has 64 heavy (non-hydrogen) atoms. The zero-order chi connectivity index (χ0) is 49.9. The van der Waals surface area contributed by atoms with Crippen molar-refractivity contribution < 1.29 is 46.3 Å². The Hall–Kier alpha value is -1.25. The van der Waals surface area contributed by atoms with Crippen LogP contribution in [0.1, 0.15) is 109 Å². The van der Waals surface area contributed by atoms with Crippen LogP contribution in [0.2, 0.25) is 72.5 Å².